The Hall–Kier alpha value is -2.05. The number of hydrogen-bond acceptors (Lipinski definition) is 2. The highest BCUT2D eigenvalue weighted by atomic mass is 19.2. The van der Waals surface area contributed by atoms with Crippen LogP contribution in [0.5, 0.6) is 0 Å². The van der Waals surface area contributed by atoms with Crippen LogP contribution in [0.4, 0.5) is 18.9 Å². The first-order chi connectivity index (χ1) is 8.61. The average molecular weight is 274 g/mol. The molecule has 0 heterocycles. The number of halogens is 3. The molecule has 1 rings (SSSR count). The second-order valence-corrected chi connectivity index (χ2v) is 4.88. The summed E-state index contributed by atoms with van der Waals surface area (Å²) in [6.45, 7) is 4.95. The Labute approximate surface area is 108 Å². The Bertz CT molecular complexity index is 524. The van der Waals surface area contributed by atoms with Crippen LogP contribution in [0.2, 0.25) is 0 Å². The van der Waals surface area contributed by atoms with Gasteiger partial charge in [0.1, 0.15) is 0 Å². The van der Waals surface area contributed by atoms with Crippen molar-refractivity contribution < 1.29 is 22.8 Å². The molecule has 0 saturated carbocycles. The van der Waals surface area contributed by atoms with E-state index in [2.05, 4.69) is 5.32 Å². The van der Waals surface area contributed by atoms with Crippen molar-refractivity contribution in [3.8, 4) is 0 Å². The van der Waals surface area contributed by atoms with Gasteiger partial charge in [-0.25, -0.2) is 13.2 Å². The third-order valence-corrected chi connectivity index (χ3v) is 1.98. The lowest BCUT2D eigenvalue weighted by Gasteiger charge is -2.19. The number of rotatable bonds is 1. The summed E-state index contributed by atoms with van der Waals surface area (Å²) in [6.07, 6.45) is 0. The second kappa shape index (κ2) is 5.29. The van der Waals surface area contributed by atoms with Gasteiger partial charge in [-0.05, 0) is 32.9 Å². The van der Waals surface area contributed by atoms with E-state index in [0.29, 0.717) is 6.07 Å². The van der Waals surface area contributed by atoms with Crippen molar-refractivity contribution in [2.45, 2.75) is 26.3 Å². The van der Waals surface area contributed by atoms with E-state index >= 15 is 0 Å². The van der Waals surface area contributed by atoms with E-state index in [-0.39, 0.29) is 0 Å². The quantitative estimate of drug-likeness (QED) is 0.607. The fraction of sp³-hybridized carbons (Fsp3) is 0.333. The van der Waals surface area contributed by atoms with Crippen molar-refractivity contribution in [3.63, 3.8) is 0 Å². The Morgan fingerprint density at radius 3 is 2.11 bits per heavy atom. The molecule has 0 unspecified atom stereocenters. The van der Waals surface area contributed by atoms with Crippen LogP contribution in [0.25, 0.3) is 0 Å². The highest BCUT2D eigenvalue weighted by molar-refractivity contribution is 6.39. The third-order valence-electron chi connectivity index (χ3n) is 1.98. The Balaban J connectivity index is 2.84. The predicted molar refractivity (Wildman–Crippen MR) is 62.8 cm³/mol. The number of nitrogens with one attached hydrogen (secondary N) is 2. The first-order valence-electron chi connectivity index (χ1n) is 5.39. The number of carbonyl (C=O) groups excluding carboxylic acids is 2. The molecule has 19 heavy (non-hydrogen) atoms. The first kappa shape index (κ1) is 15.0. The summed E-state index contributed by atoms with van der Waals surface area (Å²) in [6, 6.07) is 1.48. The van der Waals surface area contributed by atoms with Gasteiger partial charge in [0.25, 0.3) is 0 Å². The first-order valence-corrected chi connectivity index (χ1v) is 5.39. The second-order valence-electron chi connectivity index (χ2n) is 4.88. The van der Waals surface area contributed by atoms with Gasteiger partial charge in [-0.15, -0.1) is 0 Å². The molecule has 4 nitrogen and oxygen atoms in total. The number of amides is 2. The number of carbonyl (C=O) groups is 2. The van der Waals surface area contributed by atoms with Crippen molar-refractivity contribution in [1.29, 1.82) is 0 Å². The van der Waals surface area contributed by atoms with Crippen LogP contribution in [-0.4, -0.2) is 17.4 Å². The smallest absolute Gasteiger partial charge is 0.313 e. The highest BCUT2D eigenvalue weighted by Crippen LogP contribution is 2.19. The van der Waals surface area contributed by atoms with Gasteiger partial charge in [0.2, 0.25) is 0 Å². The Morgan fingerprint density at radius 1 is 1.00 bits per heavy atom. The van der Waals surface area contributed by atoms with Crippen molar-refractivity contribution >= 4 is 17.5 Å². The predicted octanol–water partition coefficient (Wildman–Crippen LogP) is 1.96. The summed E-state index contributed by atoms with van der Waals surface area (Å²) in [7, 11) is 0. The molecule has 1 aromatic carbocycles. The van der Waals surface area contributed by atoms with E-state index in [1.54, 1.807) is 20.8 Å². The molecule has 1 aromatic rings. The van der Waals surface area contributed by atoms with Crippen LogP contribution >= 0.6 is 0 Å². The maximum atomic E-state index is 13.3. The van der Waals surface area contributed by atoms with Crippen LogP contribution in [-0.2, 0) is 9.59 Å². The molecular formula is C12H13F3N2O2. The van der Waals surface area contributed by atoms with Crippen molar-refractivity contribution in [2.24, 2.45) is 0 Å². The van der Waals surface area contributed by atoms with Crippen LogP contribution in [0, 0.1) is 17.5 Å². The maximum absolute atomic E-state index is 13.3. The fourth-order valence-corrected chi connectivity index (χ4v) is 1.20. The van der Waals surface area contributed by atoms with Gasteiger partial charge in [0.05, 0.1) is 5.69 Å². The number of benzene rings is 1. The summed E-state index contributed by atoms with van der Waals surface area (Å²) in [5.41, 5.74) is -1.26. The van der Waals surface area contributed by atoms with E-state index in [4.69, 9.17) is 0 Å². The van der Waals surface area contributed by atoms with Crippen molar-refractivity contribution in [1.82, 2.24) is 5.32 Å². The summed E-state index contributed by atoms with van der Waals surface area (Å²) < 4.78 is 38.8. The summed E-state index contributed by atoms with van der Waals surface area (Å²) >= 11 is 0. The van der Waals surface area contributed by atoms with Crippen molar-refractivity contribution in [2.75, 3.05) is 5.32 Å². The molecule has 0 saturated heterocycles. The SMILES string of the molecule is CC(C)(C)NC(=O)C(=O)Nc1ccc(F)c(F)c1F. The average Bonchev–Trinajstić information content (AvgIpc) is 2.27. The number of anilines is 1. The zero-order chi connectivity index (χ0) is 14.8. The lowest BCUT2D eigenvalue weighted by atomic mass is 10.1. The molecule has 104 valence electrons. The molecule has 0 aromatic heterocycles. The summed E-state index contributed by atoms with van der Waals surface area (Å²) in [5, 5.41) is 4.21. The minimum absolute atomic E-state index is 0.604. The zero-order valence-electron chi connectivity index (χ0n) is 10.6. The fourth-order valence-electron chi connectivity index (χ4n) is 1.20. The molecule has 0 bridgehead atoms. The molecule has 2 N–H and O–H groups in total. The molecule has 0 aliphatic heterocycles. The van der Waals surface area contributed by atoms with E-state index in [0.717, 1.165) is 6.07 Å². The van der Waals surface area contributed by atoms with Gasteiger partial charge in [-0.1, -0.05) is 0 Å². The van der Waals surface area contributed by atoms with Crippen LogP contribution in [0.3, 0.4) is 0 Å². The van der Waals surface area contributed by atoms with Gasteiger partial charge in [-0.2, -0.15) is 0 Å². The van der Waals surface area contributed by atoms with Gasteiger partial charge in [0.15, 0.2) is 17.5 Å². The Kier molecular flexibility index (Phi) is 4.18. The van der Waals surface area contributed by atoms with E-state index in [1.165, 1.54) is 0 Å². The van der Waals surface area contributed by atoms with E-state index < -0.39 is 40.5 Å². The lowest BCUT2D eigenvalue weighted by molar-refractivity contribution is -0.137. The minimum atomic E-state index is -1.71. The van der Waals surface area contributed by atoms with Gasteiger partial charge in [-0.3, -0.25) is 9.59 Å². The van der Waals surface area contributed by atoms with Gasteiger partial charge >= 0.3 is 11.8 Å². The molecular weight excluding hydrogens is 261 g/mol. The van der Waals surface area contributed by atoms with Crippen LogP contribution in [0.1, 0.15) is 20.8 Å². The van der Waals surface area contributed by atoms with E-state index in [9.17, 15) is 22.8 Å². The maximum Gasteiger partial charge on any atom is 0.313 e. The normalized spacial score (nSPS) is 11.1. The molecule has 2 amide bonds. The largest absolute Gasteiger partial charge is 0.343 e. The molecule has 7 heteroatoms. The molecule has 0 fully saturated rings. The molecule has 0 radical (unpaired) electrons. The van der Waals surface area contributed by atoms with E-state index in [1.807, 2.05) is 5.32 Å². The Morgan fingerprint density at radius 2 is 1.58 bits per heavy atom. The molecule has 0 atom stereocenters. The number of hydrogen-bond donors (Lipinski definition) is 2. The summed E-state index contributed by atoms with van der Waals surface area (Å²) in [4.78, 5) is 22.8. The standard InChI is InChI=1S/C12H13F3N2O2/c1-12(2,3)17-11(19)10(18)16-7-5-4-6(13)8(14)9(7)15/h4-5H,1-3H3,(H,16,18)(H,17,19). The van der Waals surface area contributed by atoms with Gasteiger partial charge in [0, 0.05) is 5.54 Å². The zero-order valence-corrected chi connectivity index (χ0v) is 10.6. The molecule has 0 aliphatic carbocycles. The minimum Gasteiger partial charge on any atom is -0.343 e. The molecule has 0 spiro atoms. The van der Waals surface area contributed by atoms with Gasteiger partial charge < -0.3 is 10.6 Å². The van der Waals surface area contributed by atoms with Crippen molar-refractivity contribution in [3.05, 3.63) is 29.6 Å². The van der Waals surface area contributed by atoms with Crippen LogP contribution < -0.4 is 10.6 Å². The molecule has 0 aliphatic rings. The topological polar surface area (TPSA) is 58.2 Å². The third kappa shape index (κ3) is 3.97. The lowest BCUT2D eigenvalue weighted by Crippen LogP contribution is -2.46. The highest BCUT2D eigenvalue weighted by Gasteiger charge is 2.22. The monoisotopic (exact) mass is 274 g/mol. The summed E-state index contributed by atoms with van der Waals surface area (Å²) in [5.74, 6) is -6.82. The van der Waals surface area contributed by atoms with Crippen LogP contribution in [0.15, 0.2) is 12.1 Å².